The van der Waals surface area contributed by atoms with Crippen LogP contribution in [0.4, 0.5) is 5.82 Å². The third kappa shape index (κ3) is 3.29. The van der Waals surface area contributed by atoms with E-state index in [0.29, 0.717) is 40.4 Å². The lowest BCUT2D eigenvalue weighted by atomic mass is 10.0. The van der Waals surface area contributed by atoms with Gasteiger partial charge in [-0.15, -0.1) is 0 Å². The second kappa shape index (κ2) is 7.52. The van der Waals surface area contributed by atoms with E-state index in [4.69, 9.17) is 4.52 Å². The van der Waals surface area contributed by atoms with Gasteiger partial charge in [0.15, 0.2) is 0 Å². The van der Waals surface area contributed by atoms with Crippen LogP contribution in [-0.2, 0) is 0 Å². The van der Waals surface area contributed by atoms with Crippen molar-refractivity contribution in [2.24, 2.45) is 0 Å². The van der Waals surface area contributed by atoms with Crippen molar-refractivity contribution in [1.29, 1.82) is 0 Å². The zero-order valence-corrected chi connectivity index (χ0v) is 17.0. The Morgan fingerprint density at radius 3 is 2.64 bits per heavy atom. The second-order valence-corrected chi connectivity index (χ2v) is 7.17. The van der Waals surface area contributed by atoms with Gasteiger partial charge in [-0.1, -0.05) is 35.5 Å². The average molecular weight is 437 g/mol. The first-order chi connectivity index (χ1) is 13.6. The van der Waals surface area contributed by atoms with Crippen LogP contribution in [0.15, 0.2) is 63.7 Å². The van der Waals surface area contributed by atoms with E-state index >= 15 is 0 Å². The van der Waals surface area contributed by atoms with Gasteiger partial charge in [0.25, 0.3) is 11.6 Å². The monoisotopic (exact) mass is 436 g/mol. The summed E-state index contributed by atoms with van der Waals surface area (Å²) in [6, 6.07) is 15.1. The zero-order chi connectivity index (χ0) is 19.7. The zero-order valence-electron chi connectivity index (χ0n) is 15.4. The Bertz CT molecular complexity index is 1140. The summed E-state index contributed by atoms with van der Waals surface area (Å²) in [5, 5.41) is 4.64. The summed E-state index contributed by atoms with van der Waals surface area (Å²) in [7, 11) is 0. The fourth-order valence-corrected chi connectivity index (χ4v) is 3.34. The van der Waals surface area contributed by atoms with Crippen molar-refractivity contribution in [3.05, 3.63) is 70.5 Å². The molecule has 0 aliphatic heterocycles. The van der Waals surface area contributed by atoms with Crippen LogP contribution in [0.1, 0.15) is 23.0 Å². The highest BCUT2D eigenvalue weighted by Gasteiger charge is 2.24. The number of hydrogen-bond acceptors (Lipinski definition) is 5. The number of carbonyl (C=O) groups is 1. The molecule has 0 saturated heterocycles. The molecule has 4 aromatic rings. The molecule has 0 aliphatic carbocycles. The lowest BCUT2D eigenvalue weighted by molar-refractivity contribution is 0.0989. The van der Waals surface area contributed by atoms with Gasteiger partial charge >= 0.3 is 0 Å². The number of fused-ring (bicyclic) bond motifs is 1. The highest BCUT2D eigenvalue weighted by molar-refractivity contribution is 9.10. The molecular weight excluding hydrogens is 420 g/mol. The molecule has 0 unspecified atom stereocenters. The Balaban J connectivity index is 1.87. The van der Waals surface area contributed by atoms with Crippen molar-refractivity contribution in [2.45, 2.75) is 13.8 Å². The number of pyridine rings is 2. The molecule has 1 aromatic carbocycles. The van der Waals surface area contributed by atoms with Gasteiger partial charge in [-0.25, -0.2) is 9.97 Å². The van der Waals surface area contributed by atoms with Crippen molar-refractivity contribution in [1.82, 2.24) is 15.1 Å². The third-order valence-corrected chi connectivity index (χ3v) is 4.94. The van der Waals surface area contributed by atoms with Crippen LogP contribution in [0, 0.1) is 6.92 Å². The first kappa shape index (κ1) is 18.3. The molecular formula is C21H17BrN4O2. The van der Waals surface area contributed by atoms with Crippen LogP contribution in [-0.4, -0.2) is 27.6 Å². The van der Waals surface area contributed by atoms with Crippen LogP contribution >= 0.6 is 15.9 Å². The minimum atomic E-state index is -0.173. The molecule has 0 saturated carbocycles. The summed E-state index contributed by atoms with van der Waals surface area (Å²) < 4.78 is 6.24. The van der Waals surface area contributed by atoms with Crippen molar-refractivity contribution in [3.8, 4) is 11.3 Å². The number of halogens is 1. The molecule has 0 radical (unpaired) electrons. The SMILES string of the molecule is CCN(C(=O)c1cc(-c2ccccc2)nc2onc(C)c12)c1ccc(Br)cn1. The maximum atomic E-state index is 13.5. The van der Waals surface area contributed by atoms with E-state index in [1.54, 1.807) is 24.1 Å². The van der Waals surface area contributed by atoms with E-state index in [0.717, 1.165) is 10.0 Å². The Kier molecular flexibility index (Phi) is 4.92. The van der Waals surface area contributed by atoms with E-state index in [2.05, 4.69) is 31.1 Å². The Morgan fingerprint density at radius 2 is 1.96 bits per heavy atom. The normalized spacial score (nSPS) is 11.0. The van der Waals surface area contributed by atoms with Gasteiger partial charge in [-0.2, -0.15) is 0 Å². The van der Waals surface area contributed by atoms with Gasteiger partial charge in [0, 0.05) is 22.8 Å². The van der Waals surface area contributed by atoms with Gasteiger partial charge in [0.05, 0.1) is 22.3 Å². The first-order valence-electron chi connectivity index (χ1n) is 8.84. The van der Waals surface area contributed by atoms with E-state index < -0.39 is 0 Å². The number of aromatic nitrogens is 3. The van der Waals surface area contributed by atoms with Crippen LogP contribution in [0.25, 0.3) is 22.4 Å². The van der Waals surface area contributed by atoms with Crippen LogP contribution < -0.4 is 4.90 Å². The van der Waals surface area contributed by atoms with E-state index in [-0.39, 0.29) is 5.91 Å². The van der Waals surface area contributed by atoms with Crippen LogP contribution in [0.3, 0.4) is 0 Å². The summed E-state index contributed by atoms with van der Waals surface area (Å²) in [6.45, 7) is 4.20. The molecule has 0 aliphatic rings. The second-order valence-electron chi connectivity index (χ2n) is 6.25. The van der Waals surface area contributed by atoms with E-state index in [1.165, 1.54) is 0 Å². The van der Waals surface area contributed by atoms with Gasteiger partial charge in [0.2, 0.25) is 0 Å². The number of carbonyl (C=O) groups excluding carboxylic acids is 1. The van der Waals surface area contributed by atoms with Gasteiger partial charge < -0.3 is 4.52 Å². The summed E-state index contributed by atoms with van der Waals surface area (Å²) >= 11 is 3.38. The summed E-state index contributed by atoms with van der Waals surface area (Å²) in [5.74, 6) is 0.407. The third-order valence-electron chi connectivity index (χ3n) is 4.47. The number of aryl methyl sites for hydroxylation is 1. The summed E-state index contributed by atoms with van der Waals surface area (Å²) in [5.41, 5.74) is 3.03. The molecule has 140 valence electrons. The molecule has 0 atom stereocenters. The predicted octanol–water partition coefficient (Wildman–Crippen LogP) is 5.02. The highest BCUT2D eigenvalue weighted by Crippen LogP contribution is 2.29. The van der Waals surface area contributed by atoms with Crippen molar-refractivity contribution >= 4 is 38.8 Å². The van der Waals surface area contributed by atoms with Crippen molar-refractivity contribution in [2.75, 3.05) is 11.4 Å². The van der Waals surface area contributed by atoms with Gasteiger partial charge in [-0.05, 0) is 48.0 Å². The number of amides is 1. The molecule has 4 rings (SSSR count). The number of hydrogen-bond donors (Lipinski definition) is 0. The highest BCUT2D eigenvalue weighted by atomic mass is 79.9. The molecule has 0 spiro atoms. The molecule has 0 fully saturated rings. The predicted molar refractivity (Wildman–Crippen MR) is 111 cm³/mol. The fraction of sp³-hybridized carbons (Fsp3) is 0.143. The lowest BCUT2D eigenvalue weighted by Gasteiger charge is -2.20. The van der Waals surface area contributed by atoms with Gasteiger partial charge in [-0.3, -0.25) is 9.69 Å². The van der Waals surface area contributed by atoms with Crippen molar-refractivity contribution in [3.63, 3.8) is 0 Å². The van der Waals surface area contributed by atoms with Gasteiger partial charge in [0.1, 0.15) is 5.82 Å². The van der Waals surface area contributed by atoms with E-state index in [1.807, 2.05) is 49.4 Å². The maximum Gasteiger partial charge on any atom is 0.260 e. The smallest absolute Gasteiger partial charge is 0.260 e. The Hall–Kier alpha value is -3.06. The fourth-order valence-electron chi connectivity index (χ4n) is 3.10. The van der Waals surface area contributed by atoms with Crippen molar-refractivity contribution < 1.29 is 9.32 Å². The lowest BCUT2D eigenvalue weighted by Crippen LogP contribution is -2.31. The summed E-state index contributed by atoms with van der Waals surface area (Å²) in [6.07, 6.45) is 1.67. The molecule has 6 nitrogen and oxygen atoms in total. The molecule has 3 aromatic heterocycles. The topological polar surface area (TPSA) is 72.1 Å². The molecule has 1 amide bonds. The van der Waals surface area contributed by atoms with E-state index in [9.17, 15) is 4.79 Å². The standard InChI is InChI=1S/C21H17BrN4O2/c1-3-26(18-10-9-15(22)12-23-18)21(27)16-11-17(14-7-5-4-6-8-14)24-20-19(16)13(2)25-28-20/h4-12H,3H2,1-2H3. The molecule has 3 heterocycles. The number of nitrogens with zero attached hydrogens (tertiary/aromatic N) is 4. The number of rotatable bonds is 4. The summed E-state index contributed by atoms with van der Waals surface area (Å²) in [4.78, 5) is 24.0. The minimum absolute atomic E-state index is 0.173. The maximum absolute atomic E-state index is 13.5. The quantitative estimate of drug-likeness (QED) is 0.448. The Morgan fingerprint density at radius 1 is 1.18 bits per heavy atom. The number of benzene rings is 1. The first-order valence-corrected chi connectivity index (χ1v) is 9.63. The van der Waals surface area contributed by atoms with Crippen LogP contribution in [0.5, 0.6) is 0 Å². The molecule has 0 N–H and O–H groups in total. The van der Waals surface area contributed by atoms with Crippen LogP contribution in [0.2, 0.25) is 0 Å². The largest absolute Gasteiger partial charge is 0.335 e. The molecule has 7 heteroatoms. The Labute approximate surface area is 170 Å². The number of anilines is 1. The molecule has 28 heavy (non-hydrogen) atoms. The minimum Gasteiger partial charge on any atom is -0.335 e. The average Bonchev–Trinajstić information content (AvgIpc) is 3.11. The molecule has 0 bridgehead atoms.